The number of piperidine rings is 1. The van der Waals surface area contributed by atoms with Gasteiger partial charge in [-0.25, -0.2) is 0 Å². The molecule has 0 aliphatic carbocycles. The molecule has 1 aliphatic rings. The Bertz CT molecular complexity index is 276. The summed E-state index contributed by atoms with van der Waals surface area (Å²) >= 11 is 0. The summed E-state index contributed by atoms with van der Waals surface area (Å²) in [5.41, 5.74) is 6.07. The molecule has 1 heterocycles. The molecule has 0 aromatic rings. The van der Waals surface area contributed by atoms with Crippen LogP contribution in [0.25, 0.3) is 0 Å². The second kappa shape index (κ2) is 10.7. The fourth-order valence-corrected chi connectivity index (χ4v) is 2.47. The van der Waals surface area contributed by atoms with Crippen molar-refractivity contribution in [2.45, 2.75) is 53.1 Å². The Morgan fingerprint density at radius 1 is 1.35 bits per heavy atom. The number of guanidine groups is 1. The van der Waals surface area contributed by atoms with Crippen LogP contribution >= 0.6 is 24.0 Å². The highest BCUT2D eigenvalue weighted by atomic mass is 127. The molecule has 0 saturated carbocycles. The van der Waals surface area contributed by atoms with Crippen molar-refractivity contribution < 1.29 is 4.74 Å². The highest BCUT2D eigenvalue weighted by molar-refractivity contribution is 14.0. The molecular formula is C15H32IN3O. The van der Waals surface area contributed by atoms with Crippen LogP contribution in [0.15, 0.2) is 4.99 Å². The number of nitrogens with zero attached hydrogens (tertiary/aromatic N) is 2. The molecule has 1 atom stereocenters. The van der Waals surface area contributed by atoms with E-state index in [-0.39, 0.29) is 24.0 Å². The van der Waals surface area contributed by atoms with Crippen molar-refractivity contribution in [1.29, 1.82) is 0 Å². The fraction of sp³-hybridized carbons (Fsp3) is 0.933. The van der Waals surface area contributed by atoms with Crippen molar-refractivity contribution >= 4 is 29.9 Å². The number of hydrogen-bond acceptors (Lipinski definition) is 2. The molecular weight excluding hydrogens is 365 g/mol. The van der Waals surface area contributed by atoms with E-state index in [1.54, 1.807) is 0 Å². The molecule has 0 bridgehead atoms. The van der Waals surface area contributed by atoms with Gasteiger partial charge in [0.2, 0.25) is 0 Å². The standard InChI is InChI=1S/C15H31N3O.HI/c1-5-19-14(12(2)3)6-9-17-15(16)18-10-7-13(4)8-11-18;/h12-14H,5-11H2,1-4H3,(H2,16,17);1H. The normalized spacial score (nSPS) is 19.1. The van der Waals surface area contributed by atoms with Gasteiger partial charge in [0.05, 0.1) is 6.10 Å². The predicted molar refractivity (Wildman–Crippen MR) is 96.7 cm³/mol. The molecule has 0 aromatic heterocycles. The number of likely N-dealkylation sites (tertiary alicyclic amines) is 1. The first-order chi connectivity index (χ1) is 9.04. The van der Waals surface area contributed by atoms with Gasteiger partial charge in [0, 0.05) is 26.2 Å². The minimum absolute atomic E-state index is 0. The first-order valence-electron chi connectivity index (χ1n) is 7.71. The SMILES string of the molecule is CCOC(CCN=C(N)N1CCC(C)CC1)C(C)C.I. The maximum atomic E-state index is 6.07. The van der Waals surface area contributed by atoms with Crippen LogP contribution in [0.5, 0.6) is 0 Å². The molecule has 120 valence electrons. The van der Waals surface area contributed by atoms with Gasteiger partial charge in [-0.05, 0) is 38.0 Å². The Balaban J connectivity index is 0.00000361. The van der Waals surface area contributed by atoms with Gasteiger partial charge in [0.1, 0.15) is 0 Å². The van der Waals surface area contributed by atoms with E-state index in [0.29, 0.717) is 18.0 Å². The van der Waals surface area contributed by atoms with Crippen LogP contribution in [0.4, 0.5) is 0 Å². The Hall–Kier alpha value is -0.0400. The van der Waals surface area contributed by atoms with E-state index in [1.807, 2.05) is 6.92 Å². The lowest BCUT2D eigenvalue weighted by molar-refractivity contribution is 0.0266. The van der Waals surface area contributed by atoms with E-state index >= 15 is 0 Å². The minimum atomic E-state index is 0. The Labute approximate surface area is 141 Å². The molecule has 1 fully saturated rings. The Morgan fingerprint density at radius 3 is 2.45 bits per heavy atom. The zero-order valence-electron chi connectivity index (χ0n) is 13.5. The molecule has 0 aromatic carbocycles. The van der Waals surface area contributed by atoms with Gasteiger partial charge in [0.15, 0.2) is 5.96 Å². The van der Waals surface area contributed by atoms with Crippen LogP contribution in [-0.4, -0.2) is 43.2 Å². The summed E-state index contributed by atoms with van der Waals surface area (Å²) in [6.07, 6.45) is 3.70. The van der Waals surface area contributed by atoms with Crippen LogP contribution < -0.4 is 5.73 Å². The quantitative estimate of drug-likeness (QED) is 0.426. The monoisotopic (exact) mass is 397 g/mol. The zero-order chi connectivity index (χ0) is 14.3. The maximum absolute atomic E-state index is 6.07. The third kappa shape index (κ3) is 7.11. The molecule has 4 nitrogen and oxygen atoms in total. The molecule has 0 amide bonds. The smallest absolute Gasteiger partial charge is 0.191 e. The molecule has 1 unspecified atom stereocenters. The first kappa shape index (κ1) is 20.0. The Morgan fingerprint density at radius 2 is 1.95 bits per heavy atom. The van der Waals surface area contributed by atoms with Crippen LogP contribution in [-0.2, 0) is 4.74 Å². The van der Waals surface area contributed by atoms with Crippen LogP contribution in [0.3, 0.4) is 0 Å². The van der Waals surface area contributed by atoms with Gasteiger partial charge in [-0.1, -0.05) is 20.8 Å². The van der Waals surface area contributed by atoms with Crippen molar-refractivity contribution in [3.63, 3.8) is 0 Å². The summed E-state index contributed by atoms with van der Waals surface area (Å²) < 4.78 is 5.72. The zero-order valence-corrected chi connectivity index (χ0v) is 15.8. The van der Waals surface area contributed by atoms with Crippen LogP contribution in [0.1, 0.15) is 47.0 Å². The van der Waals surface area contributed by atoms with Gasteiger partial charge >= 0.3 is 0 Å². The highest BCUT2D eigenvalue weighted by Gasteiger charge is 2.17. The summed E-state index contributed by atoms with van der Waals surface area (Å²) in [4.78, 5) is 6.73. The van der Waals surface area contributed by atoms with Crippen LogP contribution in [0, 0.1) is 11.8 Å². The number of aliphatic imine (C=N–C) groups is 1. The molecule has 20 heavy (non-hydrogen) atoms. The van der Waals surface area contributed by atoms with E-state index in [0.717, 1.165) is 38.6 Å². The number of hydrogen-bond donors (Lipinski definition) is 1. The summed E-state index contributed by atoms with van der Waals surface area (Å²) in [6, 6.07) is 0. The van der Waals surface area contributed by atoms with E-state index in [9.17, 15) is 0 Å². The Kier molecular flexibility index (Phi) is 10.6. The van der Waals surface area contributed by atoms with Crippen LogP contribution in [0.2, 0.25) is 0 Å². The van der Waals surface area contributed by atoms with Crippen molar-refractivity contribution in [3.8, 4) is 0 Å². The van der Waals surface area contributed by atoms with Crippen molar-refractivity contribution in [3.05, 3.63) is 0 Å². The lowest BCUT2D eigenvalue weighted by Crippen LogP contribution is -2.42. The lowest BCUT2D eigenvalue weighted by atomic mass is 10.00. The van der Waals surface area contributed by atoms with E-state index in [2.05, 4.69) is 30.7 Å². The average molecular weight is 397 g/mol. The third-order valence-corrected chi connectivity index (χ3v) is 3.92. The van der Waals surface area contributed by atoms with E-state index in [4.69, 9.17) is 10.5 Å². The van der Waals surface area contributed by atoms with Gasteiger partial charge in [-0.15, -0.1) is 24.0 Å². The van der Waals surface area contributed by atoms with Crippen molar-refractivity contribution in [1.82, 2.24) is 4.90 Å². The average Bonchev–Trinajstić information content (AvgIpc) is 2.38. The van der Waals surface area contributed by atoms with Gasteiger partial charge in [-0.2, -0.15) is 0 Å². The molecule has 0 radical (unpaired) electrons. The highest BCUT2D eigenvalue weighted by Crippen LogP contribution is 2.16. The number of ether oxygens (including phenoxy) is 1. The van der Waals surface area contributed by atoms with E-state index < -0.39 is 0 Å². The molecule has 1 saturated heterocycles. The van der Waals surface area contributed by atoms with Gasteiger partial charge < -0.3 is 15.4 Å². The molecule has 2 N–H and O–H groups in total. The number of rotatable bonds is 6. The largest absolute Gasteiger partial charge is 0.378 e. The molecule has 1 aliphatic heterocycles. The lowest BCUT2D eigenvalue weighted by Gasteiger charge is -2.31. The van der Waals surface area contributed by atoms with Crippen molar-refractivity contribution in [2.24, 2.45) is 22.6 Å². The molecule has 5 heteroatoms. The molecule has 1 rings (SSSR count). The summed E-state index contributed by atoms with van der Waals surface area (Å²) in [5, 5.41) is 0. The maximum Gasteiger partial charge on any atom is 0.191 e. The minimum Gasteiger partial charge on any atom is -0.378 e. The second-order valence-electron chi connectivity index (χ2n) is 5.94. The first-order valence-corrected chi connectivity index (χ1v) is 7.71. The number of nitrogens with two attached hydrogens (primary N) is 1. The van der Waals surface area contributed by atoms with Gasteiger partial charge in [0.25, 0.3) is 0 Å². The summed E-state index contributed by atoms with van der Waals surface area (Å²) in [7, 11) is 0. The predicted octanol–water partition coefficient (Wildman–Crippen LogP) is 3.10. The van der Waals surface area contributed by atoms with Gasteiger partial charge in [-0.3, -0.25) is 4.99 Å². The topological polar surface area (TPSA) is 50.9 Å². The van der Waals surface area contributed by atoms with Crippen molar-refractivity contribution in [2.75, 3.05) is 26.2 Å². The third-order valence-electron chi connectivity index (χ3n) is 3.92. The second-order valence-corrected chi connectivity index (χ2v) is 5.94. The number of halogens is 1. The van der Waals surface area contributed by atoms with E-state index in [1.165, 1.54) is 12.8 Å². The fourth-order valence-electron chi connectivity index (χ4n) is 2.47. The molecule has 0 spiro atoms. The summed E-state index contributed by atoms with van der Waals surface area (Å²) in [5.74, 6) is 2.07. The summed E-state index contributed by atoms with van der Waals surface area (Å²) in [6.45, 7) is 12.4.